The number of carbonyl (C=O) groups excluding carboxylic acids is 1. The van der Waals surface area contributed by atoms with Gasteiger partial charge in [0.25, 0.3) is 5.91 Å². The second-order valence-electron chi connectivity index (χ2n) is 6.27. The summed E-state index contributed by atoms with van der Waals surface area (Å²) in [6, 6.07) is 11.8. The molecule has 2 aromatic rings. The molecule has 0 aliphatic rings. The van der Waals surface area contributed by atoms with E-state index < -0.39 is 0 Å². The number of benzene rings is 1. The first-order chi connectivity index (χ1) is 10.3. The summed E-state index contributed by atoms with van der Waals surface area (Å²) in [5.74, 6) is 0.427. The van der Waals surface area contributed by atoms with Crippen LogP contribution in [0.1, 0.15) is 49.8 Å². The van der Waals surface area contributed by atoms with E-state index in [-0.39, 0.29) is 17.5 Å². The second kappa shape index (κ2) is 6.56. The number of rotatable bonds is 4. The second-order valence-corrected chi connectivity index (χ2v) is 6.27. The molecule has 1 unspecified atom stereocenters. The summed E-state index contributed by atoms with van der Waals surface area (Å²) in [6.07, 6.45) is 1.40. The number of hydrogen-bond acceptors (Lipinski definition) is 4. The Bertz CT molecular complexity index is 635. The molecule has 0 saturated heterocycles. The highest BCUT2D eigenvalue weighted by Gasteiger charge is 2.17. The fraction of sp³-hybridized carbons (Fsp3) is 0.353. The van der Waals surface area contributed by atoms with Crippen molar-refractivity contribution in [3.8, 4) is 0 Å². The number of nitrogens with one attached hydrogen (secondary N) is 2. The van der Waals surface area contributed by atoms with Crippen molar-refractivity contribution in [3.63, 3.8) is 0 Å². The van der Waals surface area contributed by atoms with E-state index in [0.717, 1.165) is 5.56 Å². The standard InChI is InChI=1S/C17H22N4O/c1-12(13-8-6-5-7-9-13)20-15-10-14(18-11-19-15)16(22)21-17(2,3)4/h5-12H,1-4H3,(H,21,22)(H,18,19,20). The average Bonchev–Trinajstić information content (AvgIpc) is 2.46. The van der Waals surface area contributed by atoms with Crippen LogP contribution in [0.25, 0.3) is 0 Å². The summed E-state index contributed by atoms with van der Waals surface area (Å²) in [6.45, 7) is 7.85. The highest BCUT2D eigenvalue weighted by atomic mass is 16.2. The summed E-state index contributed by atoms with van der Waals surface area (Å²) in [7, 11) is 0. The summed E-state index contributed by atoms with van der Waals surface area (Å²) in [4.78, 5) is 20.4. The Morgan fingerprint density at radius 1 is 1.14 bits per heavy atom. The zero-order valence-corrected chi connectivity index (χ0v) is 13.4. The lowest BCUT2D eigenvalue weighted by atomic mass is 10.1. The quantitative estimate of drug-likeness (QED) is 0.909. The van der Waals surface area contributed by atoms with Crippen LogP contribution in [0.2, 0.25) is 0 Å². The minimum absolute atomic E-state index is 0.0922. The smallest absolute Gasteiger partial charge is 0.270 e. The Hall–Kier alpha value is -2.43. The summed E-state index contributed by atoms with van der Waals surface area (Å²) in [5.41, 5.74) is 1.21. The Labute approximate surface area is 131 Å². The minimum atomic E-state index is -0.299. The molecular weight excluding hydrogens is 276 g/mol. The van der Waals surface area contributed by atoms with Crippen LogP contribution in [0.4, 0.5) is 5.82 Å². The molecule has 0 bridgehead atoms. The zero-order chi connectivity index (χ0) is 16.2. The molecule has 1 heterocycles. The van der Waals surface area contributed by atoms with Gasteiger partial charge in [0, 0.05) is 17.6 Å². The van der Waals surface area contributed by atoms with Crippen molar-refractivity contribution in [2.45, 2.75) is 39.3 Å². The SMILES string of the molecule is CC(Nc1cc(C(=O)NC(C)(C)C)ncn1)c1ccccc1. The van der Waals surface area contributed by atoms with Gasteiger partial charge in [-0.1, -0.05) is 30.3 Å². The van der Waals surface area contributed by atoms with Crippen LogP contribution in [0, 0.1) is 0 Å². The molecule has 1 atom stereocenters. The largest absolute Gasteiger partial charge is 0.363 e. The first-order valence-corrected chi connectivity index (χ1v) is 7.31. The van der Waals surface area contributed by atoms with Crippen molar-refractivity contribution >= 4 is 11.7 Å². The van der Waals surface area contributed by atoms with Crippen molar-refractivity contribution in [2.24, 2.45) is 0 Å². The molecule has 2 rings (SSSR count). The summed E-state index contributed by atoms with van der Waals surface area (Å²) in [5, 5.41) is 6.18. The van der Waals surface area contributed by atoms with E-state index in [1.54, 1.807) is 6.07 Å². The van der Waals surface area contributed by atoms with Crippen molar-refractivity contribution < 1.29 is 4.79 Å². The van der Waals surface area contributed by atoms with E-state index in [0.29, 0.717) is 11.5 Å². The van der Waals surface area contributed by atoms with Crippen LogP contribution < -0.4 is 10.6 Å². The van der Waals surface area contributed by atoms with Gasteiger partial charge in [-0.2, -0.15) is 0 Å². The highest BCUT2D eigenvalue weighted by molar-refractivity contribution is 5.93. The van der Waals surface area contributed by atoms with Gasteiger partial charge >= 0.3 is 0 Å². The van der Waals surface area contributed by atoms with E-state index in [9.17, 15) is 4.79 Å². The van der Waals surface area contributed by atoms with Crippen LogP contribution in [0.3, 0.4) is 0 Å². The summed E-state index contributed by atoms with van der Waals surface area (Å²) < 4.78 is 0. The lowest BCUT2D eigenvalue weighted by Gasteiger charge is -2.20. The lowest BCUT2D eigenvalue weighted by molar-refractivity contribution is 0.0914. The third-order valence-corrected chi connectivity index (χ3v) is 3.05. The van der Waals surface area contributed by atoms with Crippen LogP contribution in [0.15, 0.2) is 42.7 Å². The molecule has 1 aromatic heterocycles. The monoisotopic (exact) mass is 298 g/mol. The van der Waals surface area contributed by atoms with Gasteiger partial charge in [-0.05, 0) is 33.3 Å². The number of carbonyl (C=O) groups is 1. The first kappa shape index (κ1) is 15.9. The molecule has 116 valence electrons. The van der Waals surface area contributed by atoms with Gasteiger partial charge in [0.2, 0.25) is 0 Å². The van der Waals surface area contributed by atoms with Crippen LogP contribution in [0.5, 0.6) is 0 Å². The third-order valence-electron chi connectivity index (χ3n) is 3.05. The Morgan fingerprint density at radius 2 is 1.82 bits per heavy atom. The molecule has 0 fully saturated rings. The van der Waals surface area contributed by atoms with Gasteiger partial charge < -0.3 is 10.6 Å². The Kier molecular flexibility index (Phi) is 4.75. The van der Waals surface area contributed by atoms with Crippen molar-refractivity contribution in [3.05, 3.63) is 54.0 Å². The molecule has 0 aliphatic carbocycles. The zero-order valence-electron chi connectivity index (χ0n) is 13.4. The Balaban J connectivity index is 2.10. The van der Waals surface area contributed by atoms with E-state index in [4.69, 9.17) is 0 Å². The van der Waals surface area contributed by atoms with Crippen LogP contribution in [-0.4, -0.2) is 21.4 Å². The van der Waals surface area contributed by atoms with Crippen molar-refractivity contribution in [1.29, 1.82) is 0 Å². The maximum Gasteiger partial charge on any atom is 0.270 e. The number of anilines is 1. The molecule has 0 spiro atoms. The molecule has 0 radical (unpaired) electrons. The fourth-order valence-electron chi connectivity index (χ4n) is 2.01. The van der Waals surface area contributed by atoms with Gasteiger partial charge in [-0.15, -0.1) is 0 Å². The predicted molar refractivity (Wildman–Crippen MR) is 87.7 cm³/mol. The highest BCUT2D eigenvalue weighted by Crippen LogP contribution is 2.17. The van der Waals surface area contributed by atoms with E-state index in [1.165, 1.54) is 6.33 Å². The van der Waals surface area contributed by atoms with Gasteiger partial charge in [-0.3, -0.25) is 4.79 Å². The maximum atomic E-state index is 12.1. The number of hydrogen-bond donors (Lipinski definition) is 2. The first-order valence-electron chi connectivity index (χ1n) is 7.31. The van der Waals surface area contributed by atoms with Crippen LogP contribution >= 0.6 is 0 Å². The maximum absolute atomic E-state index is 12.1. The number of nitrogens with zero attached hydrogens (tertiary/aromatic N) is 2. The van der Waals surface area contributed by atoms with Gasteiger partial charge in [0.1, 0.15) is 17.8 Å². The van der Waals surface area contributed by atoms with E-state index >= 15 is 0 Å². The number of amides is 1. The molecular formula is C17H22N4O. The molecule has 1 amide bonds. The summed E-state index contributed by atoms with van der Waals surface area (Å²) >= 11 is 0. The van der Waals surface area contributed by atoms with Crippen molar-refractivity contribution in [1.82, 2.24) is 15.3 Å². The lowest BCUT2D eigenvalue weighted by Crippen LogP contribution is -2.41. The van der Waals surface area contributed by atoms with E-state index in [1.807, 2.05) is 58.0 Å². The van der Waals surface area contributed by atoms with Gasteiger partial charge in [-0.25, -0.2) is 9.97 Å². The molecule has 22 heavy (non-hydrogen) atoms. The number of aromatic nitrogens is 2. The molecule has 1 aromatic carbocycles. The van der Waals surface area contributed by atoms with E-state index in [2.05, 4.69) is 20.6 Å². The normalized spacial score (nSPS) is 12.5. The third kappa shape index (κ3) is 4.55. The topological polar surface area (TPSA) is 66.9 Å². The molecule has 2 N–H and O–H groups in total. The molecule has 5 nitrogen and oxygen atoms in total. The minimum Gasteiger partial charge on any atom is -0.363 e. The predicted octanol–water partition coefficient (Wildman–Crippen LogP) is 3.18. The molecule has 0 aliphatic heterocycles. The van der Waals surface area contributed by atoms with Crippen molar-refractivity contribution in [2.75, 3.05) is 5.32 Å². The average molecular weight is 298 g/mol. The Morgan fingerprint density at radius 3 is 2.45 bits per heavy atom. The van der Waals surface area contributed by atoms with Crippen LogP contribution in [-0.2, 0) is 0 Å². The van der Waals surface area contributed by atoms with Gasteiger partial charge in [0.15, 0.2) is 0 Å². The molecule has 0 saturated carbocycles. The molecule has 5 heteroatoms. The fourth-order valence-corrected chi connectivity index (χ4v) is 2.01. The van der Waals surface area contributed by atoms with Gasteiger partial charge in [0.05, 0.1) is 0 Å².